The molecule has 34 heavy (non-hydrogen) atoms. The van der Waals surface area contributed by atoms with Gasteiger partial charge in [-0.2, -0.15) is 4.57 Å². The number of anilines is 1. The van der Waals surface area contributed by atoms with Gasteiger partial charge in [-0.25, -0.2) is 0 Å². The van der Waals surface area contributed by atoms with E-state index in [4.69, 9.17) is 23.2 Å². The number of hydrogen-bond acceptors (Lipinski definition) is 3. The van der Waals surface area contributed by atoms with Crippen LogP contribution in [0.2, 0.25) is 10.0 Å². The molecule has 0 radical (unpaired) electrons. The van der Waals surface area contributed by atoms with Crippen LogP contribution < -0.4 is 9.47 Å². The fourth-order valence-electron chi connectivity index (χ4n) is 4.56. The molecule has 1 unspecified atom stereocenters. The lowest BCUT2D eigenvalue weighted by Crippen LogP contribution is -2.28. The molecular formula is C28H27Cl2N2S2+. The number of allylic oxidation sites excluding steroid dienone is 6. The van der Waals surface area contributed by atoms with Crippen molar-refractivity contribution in [3.63, 3.8) is 0 Å². The van der Waals surface area contributed by atoms with Gasteiger partial charge < -0.3 is 4.90 Å². The molecular weight excluding hydrogens is 499 g/mol. The minimum absolute atomic E-state index is 0.674. The average Bonchev–Trinajstić information content (AvgIpc) is 3.30. The lowest BCUT2D eigenvalue weighted by Gasteiger charge is -2.23. The van der Waals surface area contributed by atoms with Gasteiger partial charge >= 0.3 is 0 Å². The van der Waals surface area contributed by atoms with Crippen LogP contribution in [0.1, 0.15) is 31.2 Å². The fourth-order valence-corrected chi connectivity index (χ4v) is 7.05. The van der Waals surface area contributed by atoms with Crippen molar-refractivity contribution in [2.75, 3.05) is 11.9 Å². The van der Waals surface area contributed by atoms with Crippen LogP contribution in [0.4, 0.5) is 5.69 Å². The Labute approximate surface area is 219 Å². The summed E-state index contributed by atoms with van der Waals surface area (Å²) in [7, 11) is 4.22. The molecule has 5 rings (SSSR count). The Morgan fingerprint density at radius 3 is 2.74 bits per heavy atom. The second-order valence-corrected chi connectivity index (χ2v) is 11.9. The maximum absolute atomic E-state index is 6.23. The van der Waals surface area contributed by atoms with Crippen LogP contribution in [0.5, 0.6) is 0 Å². The van der Waals surface area contributed by atoms with E-state index in [1.54, 1.807) is 11.3 Å². The van der Waals surface area contributed by atoms with Crippen LogP contribution in [0.25, 0.3) is 16.3 Å². The Kier molecular flexibility index (Phi) is 6.95. The highest BCUT2D eigenvalue weighted by atomic mass is 35.5. The summed E-state index contributed by atoms with van der Waals surface area (Å²) in [6, 6.07) is 12.2. The normalized spacial score (nSPS) is 20.7. The van der Waals surface area contributed by atoms with Crippen molar-refractivity contribution in [1.82, 2.24) is 0 Å². The highest BCUT2D eigenvalue weighted by Crippen LogP contribution is 2.47. The molecule has 6 heteroatoms. The Morgan fingerprint density at radius 2 is 1.91 bits per heavy atom. The van der Waals surface area contributed by atoms with Crippen molar-refractivity contribution in [1.29, 1.82) is 0 Å². The zero-order valence-corrected chi connectivity index (χ0v) is 22.7. The molecule has 174 valence electrons. The summed E-state index contributed by atoms with van der Waals surface area (Å²) >= 11 is 16.0. The molecule has 0 saturated carbocycles. The Bertz CT molecular complexity index is 1380. The van der Waals surface area contributed by atoms with E-state index in [1.807, 2.05) is 36.0 Å². The van der Waals surface area contributed by atoms with E-state index in [1.165, 1.54) is 48.4 Å². The quantitative estimate of drug-likeness (QED) is 0.314. The minimum atomic E-state index is 0.674. The smallest absolute Gasteiger partial charge is 0.262 e. The molecule has 1 aliphatic carbocycles. The van der Waals surface area contributed by atoms with E-state index in [0.29, 0.717) is 5.92 Å². The van der Waals surface area contributed by atoms with E-state index in [9.17, 15) is 0 Å². The number of halogens is 2. The monoisotopic (exact) mass is 525 g/mol. The first-order valence-electron chi connectivity index (χ1n) is 11.5. The summed E-state index contributed by atoms with van der Waals surface area (Å²) in [5.74, 6) is 0.674. The first kappa shape index (κ1) is 23.7. The minimum Gasteiger partial charge on any atom is -0.338 e. The standard InChI is InChI=1S/C28H27Cl2N2S2/c1-4-18-12-19(6-5-7-27-31(2)23-16-21(29)8-10-25(23)33-27)14-20(13-18)15-28-32(3)24-17-22(30)9-11-26(24)34-28/h5-11,14-18H,4,12-13H2,1-3H3/q+1. The van der Waals surface area contributed by atoms with Gasteiger partial charge in [-0.3, -0.25) is 0 Å². The third-order valence-electron chi connectivity index (χ3n) is 6.51. The predicted molar refractivity (Wildman–Crippen MR) is 150 cm³/mol. The van der Waals surface area contributed by atoms with Crippen LogP contribution in [0, 0.1) is 5.92 Å². The number of nitrogens with zero attached hydrogens (tertiary/aromatic N) is 2. The molecule has 0 fully saturated rings. The average molecular weight is 527 g/mol. The SMILES string of the molecule is CCC1CC(/C=C2\Sc3ccc(Cl)cc3N2C)=CC(=C/C=C/c2sc3ccc(Cl)cc3[n+]2C)/C1. The summed E-state index contributed by atoms with van der Waals surface area (Å²) < 4.78 is 3.46. The highest BCUT2D eigenvalue weighted by molar-refractivity contribution is 8.03. The molecule has 0 saturated heterocycles. The zero-order chi connectivity index (χ0) is 23.8. The molecule has 1 atom stereocenters. The van der Waals surface area contributed by atoms with Crippen molar-refractivity contribution < 1.29 is 4.57 Å². The molecule has 0 bridgehead atoms. The fraction of sp³-hybridized carbons (Fsp3) is 0.250. The van der Waals surface area contributed by atoms with Crippen LogP contribution in [0.3, 0.4) is 0 Å². The largest absolute Gasteiger partial charge is 0.338 e. The summed E-state index contributed by atoms with van der Waals surface area (Å²) in [4.78, 5) is 3.51. The zero-order valence-electron chi connectivity index (χ0n) is 19.5. The van der Waals surface area contributed by atoms with E-state index < -0.39 is 0 Å². The third kappa shape index (κ3) is 4.87. The van der Waals surface area contributed by atoms with E-state index in [2.05, 4.69) is 73.0 Å². The van der Waals surface area contributed by atoms with Crippen LogP contribution in [-0.4, -0.2) is 7.05 Å². The van der Waals surface area contributed by atoms with Gasteiger partial charge in [0, 0.05) is 34.1 Å². The topological polar surface area (TPSA) is 7.12 Å². The molecule has 3 aromatic rings. The van der Waals surface area contributed by atoms with Crippen LogP contribution in [-0.2, 0) is 7.05 Å². The summed E-state index contributed by atoms with van der Waals surface area (Å²) in [6.45, 7) is 2.30. The molecule has 1 aromatic heterocycles. The third-order valence-corrected chi connectivity index (χ3v) is 9.33. The molecule has 0 spiro atoms. The van der Waals surface area contributed by atoms with Gasteiger partial charge in [0.05, 0.1) is 10.7 Å². The molecule has 0 N–H and O–H groups in total. The maximum atomic E-state index is 6.23. The van der Waals surface area contributed by atoms with Crippen molar-refractivity contribution >= 4 is 68.3 Å². The maximum Gasteiger partial charge on any atom is 0.262 e. The number of thiazole rings is 1. The van der Waals surface area contributed by atoms with E-state index in [0.717, 1.165) is 22.9 Å². The lowest BCUT2D eigenvalue weighted by atomic mass is 9.84. The van der Waals surface area contributed by atoms with Gasteiger partial charge in [0.15, 0.2) is 0 Å². The van der Waals surface area contributed by atoms with Crippen LogP contribution >= 0.6 is 46.3 Å². The number of thioether (sulfide) groups is 1. The van der Waals surface area contributed by atoms with Crippen molar-refractivity contribution in [2.45, 2.75) is 31.1 Å². The summed E-state index contributed by atoms with van der Waals surface area (Å²) in [5, 5.41) is 4.02. The molecule has 2 aromatic carbocycles. The van der Waals surface area contributed by atoms with E-state index in [-0.39, 0.29) is 0 Å². The Morgan fingerprint density at radius 1 is 1.12 bits per heavy atom. The number of hydrogen-bond donors (Lipinski definition) is 0. The second kappa shape index (κ2) is 9.94. The van der Waals surface area contributed by atoms with Gasteiger partial charge in [0.25, 0.3) is 5.01 Å². The van der Waals surface area contributed by atoms with Crippen molar-refractivity contribution in [3.05, 3.63) is 91.9 Å². The van der Waals surface area contributed by atoms with Crippen molar-refractivity contribution in [2.24, 2.45) is 13.0 Å². The number of benzene rings is 2. The number of aryl methyl sites for hydroxylation is 1. The molecule has 2 heterocycles. The van der Waals surface area contributed by atoms with Crippen molar-refractivity contribution in [3.8, 4) is 0 Å². The van der Waals surface area contributed by atoms with Crippen LogP contribution in [0.15, 0.2) is 81.8 Å². The first-order valence-corrected chi connectivity index (χ1v) is 13.9. The first-order chi connectivity index (χ1) is 16.4. The number of aromatic nitrogens is 1. The van der Waals surface area contributed by atoms with E-state index >= 15 is 0 Å². The second-order valence-electron chi connectivity index (χ2n) is 8.87. The molecule has 2 aliphatic rings. The Balaban J connectivity index is 1.40. The summed E-state index contributed by atoms with van der Waals surface area (Å²) in [5.41, 5.74) is 5.14. The van der Waals surface area contributed by atoms with Gasteiger partial charge in [-0.1, -0.05) is 77.9 Å². The van der Waals surface area contributed by atoms with Gasteiger partial charge in [-0.15, -0.1) is 0 Å². The number of rotatable bonds is 4. The van der Waals surface area contributed by atoms with Gasteiger partial charge in [-0.05, 0) is 66.3 Å². The number of fused-ring (bicyclic) bond motifs is 2. The Hall–Kier alpha value is -1.98. The van der Waals surface area contributed by atoms with Gasteiger partial charge in [0.1, 0.15) is 11.7 Å². The molecule has 0 amide bonds. The molecule has 1 aliphatic heterocycles. The van der Waals surface area contributed by atoms with Gasteiger partial charge in [0.2, 0.25) is 5.52 Å². The summed E-state index contributed by atoms with van der Waals surface area (Å²) in [6.07, 6.45) is 14.8. The predicted octanol–water partition coefficient (Wildman–Crippen LogP) is 8.80. The highest BCUT2D eigenvalue weighted by Gasteiger charge is 2.24. The lowest BCUT2D eigenvalue weighted by molar-refractivity contribution is -0.642. The molecule has 2 nitrogen and oxygen atoms in total.